The lowest BCUT2D eigenvalue weighted by molar-refractivity contribution is 0.0942. The molecule has 3 aromatic rings. The van der Waals surface area contributed by atoms with E-state index in [1.54, 1.807) is 23.7 Å². The largest absolute Gasteiger partial charge is 0.420 e. The summed E-state index contributed by atoms with van der Waals surface area (Å²) < 4.78 is 5.89. The molecule has 6 nitrogen and oxygen atoms in total. The van der Waals surface area contributed by atoms with Crippen LogP contribution in [-0.2, 0) is 0 Å². The average Bonchev–Trinajstić information content (AvgIpc) is 3.35. The molecule has 0 aromatic carbocycles. The van der Waals surface area contributed by atoms with E-state index in [0.29, 0.717) is 23.6 Å². The molecular formula is C21H24N4O2S. The van der Waals surface area contributed by atoms with Gasteiger partial charge in [-0.05, 0) is 63.1 Å². The van der Waals surface area contributed by atoms with E-state index in [-0.39, 0.29) is 5.91 Å². The molecule has 0 unspecified atom stereocenters. The number of hydrogen-bond acceptors (Lipinski definition) is 6. The first-order chi connectivity index (χ1) is 13.6. The summed E-state index contributed by atoms with van der Waals surface area (Å²) in [5.74, 6) is 2.08. The lowest BCUT2D eigenvalue weighted by Gasteiger charge is -2.26. The quantitative estimate of drug-likeness (QED) is 0.686. The number of rotatable bonds is 5. The van der Waals surface area contributed by atoms with Gasteiger partial charge in [0.1, 0.15) is 0 Å². The molecule has 1 saturated carbocycles. The van der Waals surface area contributed by atoms with Crippen molar-refractivity contribution in [3.05, 3.63) is 51.8 Å². The van der Waals surface area contributed by atoms with Crippen LogP contribution in [0.1, 0.15) is 58.3 Å². The Kier molecular flexibility index (Phi) is 5.52. The number of amides is 1. The SMILES string of the molecule is Cc1scc(C(=O)NCC2CCC(c3nnc(-c4cccnc4)o3)CC2)c1C. The third-order valence-corrected chi connectivity index (χ3v) is 6.64. The maximum absolute atomic E-state index is 12.4. The van der Waals surface area contributed by atoms with E-state index in [1.165, 1.54) is 4.88 Å². The molecule has 0 saturated heterocycles. The first kappa shape index (κ1) is 18.8. The molecule has 3 aromatic heterocycles. The van der Waals surface area contributed by atoms with Crippen LogP contribution in [0.25, 0.3) is 11.5 Å². The maximum Gasteiger partial charge on any atom is 0.252 e. The topological polar surface area (TPSA) is 80.9 Å². The van der Waals surface area contributed by atoms with Crippen molar-refractivity contribution in [2.75, 3.05) is 6.54 Å². The number of nitrogens with zero attached hydrogens (tertiary/aromatic N) is 3. The van der Waals surface area contributed by atoms with Gasteiger partial charge in [0.15, 0.2) is 0 Å². The lowest BCUT2D eigenvalue weighted by atomic mass is 9.82. The van der Waals surface area contributed by atoms with E-state index in [1.807, 2.05) is 24.4 Å². The van der Waals surface area contributed by atoms with Crippen molar-refractivity contribution < 1.29 is 9.21 Å². The lowest BCUT2D eigenvalue weighted by Crippen LogP contribution is -2.31. The second kappa shape index (κ2) is 8.22. The van der Waals surface area contributed by atoms with Crippen LogP contribution in [0.2, 0.25) is 0 Å². The fourth-order valence-electron chi connectivity index (χ4n) is 3.69. The Labute approximate surface area is 168 Å². The second-order valence-corrected chi connectivity index (χ2v) is 8.53. The van der Waals surface area contributed by atoms with Crippen LogP contribution in [0.4, 0.5) is 0 Å². The highest BCUT2D eigenvalue weighted by atomic mass is 32.1. The van der Waals surface area contributed by atoms with E-state index in [2.05, 4.69) is 27.4 Å². The summed E-state index contributed by atoms with van der Waals surface area (Å²) in [4.78, 5) is 17.7. The molecule has 1 aliphatic rings. The molecule has 146 valence electrons. The van der Waals surface area contributed by atoms with Crippen LogP contribution in [-0.4, -0.2) is 27.6 Å². The molecule has 1 aliphatic carbocycles. The zero-order valence-corrected chi connectivity index (χ0v) is 17.0. The van der Waals surface area contributed by atoms with E-state index in [0.717, 1.165) is 48.9 Å². The number of aromatic nitrogens is 3. The predicted octanol–water partition coefficient (Wildman–Crippen LogP) is 4.51. The third kappa shape index (κ3) is 3.99. The van der Waals surface area contributed by atoms with Crippen molar-refractivity contribution in [2.45, 2.75) is 45.4 Å². The van der Waals surface area contributed by atoms with Crippen molar-refractivity contribution in [3.63, 3.8) is 0 Å². The van der Waals surface area contributed by atoms with Crippen LogP contribution < -0.4 is 5.32 Å². The third-order valence-electron chi connectivity index (χ3n) is 5.63. The van der Waals surface area contributed by atoms with Crippen molar-refractivity contribution in [1.29, 1.82) is 0 Å². The Bertz CT molecular complexity index is 942. The summed E-state index contributed by atoms with van der Waals surface area (Å²) in [6, 6.07) is 3.78. The van der Waals surface area contributed by atoms with E-state index < -0.39 is 0 Å². The molecule has 0 radical (unpaired) electrons. The highest BCUT2D eigenvalue weighted by Gasteiger charge is 2.27. The van der Waals surface area contributed by atoms with E-state index in [4.69, 9.17) is 4.42 Å². The van der Waals surface area contributed by atoms with Crippen LogP contribution in [0.15, 0.2) is 34.3 Å². The van der Waals surface area contributed by atoms with Crippen LogP contribution in [0.5, 0.6) is 0 Å². The minimum atomic E-state index is 0.0435. The Morgan fingerprint density at radius 3 is 2.75 bits per heavy atom. The fraction of sp³-hybridized carbons (Fsp3) is 0.429. The van der Waals surface area contributed by atoms with Gasteiger partial charge in [0.2, 0.25) is 11.8 Å². The average molecular weight is 397 g/mol. The summed E-state index contributed by atoms with van der Waals surface area (Å²) in [5, 5.41) is 13.5. The van der Waals surface area contributed by atoms with Gasteiger partial charge in [-0.3, -0.25) is 9.78 Å². The molecule has 1 amide bonds. The number of hydrogen-bond donors (Lipinski definition) is 1. The van der Waals surface area contributed by atoms with Gasteiger partial charge in [-0.2, -0.15) is 0 Å². The minimum Gasteiger partial charge on any atom is -0.420 e. The van der Waals surface area contributed by atoms with Gasteiger partial charge < -0.3 is 9.73 Å². The van der Waals surface area contributed by atoms with Gasteiger partial charge in [0.05, 0.1) is 11.1 Å². The molecule has 3 heterocycles. The van der Waals surface area contributed by atoms with Gasteiger partial charge in [-0.1, -0.05) is 0 Å². The van der Waals surface area contributed by atoms with Gasteiger partial charge >= 0.3 is 0 Å². The Morgan fingerprint density at radius 1 is 1.25 bits per heavy atom. The molecule has 0 bridgehead atoms. The minimum absolute atomic E-state index is 0.0435. The highest BCUT2D eigenvalue weighted by Crippen LogP contribution is 2.35. The molecule has 0 aliphatic heterocycles. The van der Waals surface area contributed by atoms with E-state index in [9.17, 15) is 4.79 Å². The van der Waals surface area contributed by atoms with Crippen molar-refractivity contribution in [1.82, 2.24) is 20.5 Å². The smallest absolute Gasteiger partial charge is 0.252 e. The summed E-state index contributed by atoms with van der Waals surface area (Å²) in [6.07, 6.45) is 7.57. The number of aryl methyl sites for hydroxylation is 1. The number of carbonyl (C=O) groups excluding carboxylic acids is 1. The summed E-state index contributed by atoms with van der Waals surface area (Å²) in [5.41, 5.74) is 2.74. The monoisotopic (exact) mass is 396 g/mol. The fourth-order valence-corrected chi connectivity index (χ4v) is 4.55. The summed E-state index contributed by atoms with van der Waals surface area (Å²) >= 11 is 1.63. The first-order valence-corrected chi connectivity index (χ1v) is 10.6. The van der Waals surface area contributed by atoms with Crippen LogP contribution in [0.3, 0.4) is 0 Å². The van der Waals surface area contributed by atoms with Crippen LogP contribution >= 0.6 is 11.3 Å². The molecule has 28 heavy (non-hydrogen) atoms. The number of carbonyl (C=O) groups is 1. The highest BCUT2D eigenvalue weighted by molar-refractivity contribution is 7.10. The standard InChI is InChI=1S/C21H24N4O2S/c1-13-14(2)28-12-18(13)19(26)23-10-15-5-7-16(8-6-15)20-24-25-21(27-20)17-4-3-9-22-11-17/h3-4,9,11-12,15-16H,5-8,10H2,1-2H3,(H,23,26). The van der Waals surface area contributed by atoms with Gasteiger partial charge in [0, 0.05) is 35.1 Å². The Morgan fingerprint density at radius 2 is 2.07 bits per heavy atom. The molecule has 1 fully saturated rings. The summed E-state index contributed by atoms with van der Waals surface area (Å²) in [6.45, 7) is 4.79. The molecule has 7 heteroatoms. The Balaban J connectivity index is 1.29. The number of thiophene rings is 1. The Hall–Kier alpha value is -2.54. The first-order valence-electron chi connectivity index (χ1n) is 9.68. The van der Waals surface area contributed by atoms with E-state index >= 15 is 0 Å². The zero-order valence-electron chi connectivity index (χ0n) is 16.1. The molecule has 1 N–H and O–H groups in total. The van der Waals surface area contributed by atoms with Gasteiger partial charge in [0.25, 0.3) is 5.91 Å². The summed E-state index contributed by atoms with van der Waals surface area (Å²) in [7, 11) is 0. The molecule has 4 rings (SSSR count). The second-order valence-electron chi connectivity index (χ2n) is 7.45. The number of nitrogens with one attached hydrogen (secondary N) is 1. The molecule has 0 atom stereocenters. The molecular weight excluding hydrogens is 372 g/mol. The van der Waals surface area contributed by atoms with Crippen molar-refractivity contribution in [2.24, 2.45) is 5.92 Å². The van der Waals surface area contributed by atoms with Crippen molar-refractivity contribution in [3.8, 4) is 11.5 Å². The zero-order chi connectivity index (χ0) is 19.5. The van der Waals surface area contributed by atoms with Gasteiger partial charge in [-0.25, -0.2) is 0 Å². The predicted molar refractivity (Wildman–Crippen MR) is 108 cm³/mol. The molecule has 0 spiro atoms. The normalized spacial score (nSPS) is 19.5. The van der Waals surface area contributed by atoms with Crippen LogP contribution in [0, 0.1) is 19.8 Å². The van der Waals surface area contributed by atoms with Crippen molar-refractivity contribution >= 4 is 17.2 Å². The van der Waals surface area contributed by atoms with Gasteiger partial charge in [-0.15, -0.1) is 21.5 Å². The number of pyridine rings is 1. The maximum atomic E-state index is 12.4.